The van der Waals surface area contributed by atoms with E-state index in [1.54, 1.807) is 34.0 Å². The number of ketones is 2. The normalized spacial score (nSPS) is 26.9. The molecule has 2 amide bonds. The van der Waals surface area contributed by atoms with Crippen molar-refractivity contribution in [3.8, 4) is 59.2 Å². The SMILES string of the molecule is C.CC(C)(C)C#CC1(O)CCCC1=O.CC(C)(C)C#CC1(O)CCCC1=O.CC(C)(C)C#CC1(O)CCc2cccnc21.CN1CC(F)(F)C(O)(C#CC(C)(C)C)C1=O.CN1CCC(O)(C#CC(C)(C)C)C1=O. The van der Waals surface area contributed by atoms with Gasteiger partial charge in [-0.1, -0.05) is 72.7 Å². The van der Waals surface area contributed by atoms with Crippen molar-refractivity contribution in [1.29, 1.82) is 0 Å². The minimum absolute atomic E-state index is 0. The number of nitrogens with zero attached hydrogens (tertiary/aromatic N) is 3. The van der Waals surface area contributed by atoms with Crippen LogP contribution in [0.25, 0.3) is 0 Å². The van der Waals surface area contributed by atoms with Crippen molar-refractivity contribution in [2.45, 2.75) is 203 Å². The molecule has 3 heterocycles. The van der Waals surface area contributed by atoms with Gasteiger partial charge in [0.25, 0.3) is 17.4 Å². The van der Waals surface area contributed by atoms with Gasteiger partial charge in [-0.05, 0) is 154 Å². The molecule has 0 spiro atoms. The maximum atomic E-state index is 13.5. The molecule has 1 aromatic rings. The van der Waals surface area contributed by atoms with Gasteiger partial charge in [0.05, 0.1) is 12.2 Å². The molecule has 5 N–H and O–H groups in total. The van der Waals surface area contributed by atoms with E-state index in [1.165, 1.54) is 11.9 Å². The van der Waals surface area contributed by atoms with E-state index in [9.17, 15) is 53.5 Å². The third-order valence-electron chi connectivity index (χ3n) is 11.2. The molecule has 5 aliphatic rings. The van der Waals surface area contributed by atoms with Gasteiger partial charge in [0.1, 0.15) is 0 Å². The first-order chi connectivity index (χ1) is 32.3. The molecule has 4 fully saturated rings. The van der Waals surface area contributed by atoms with Crippen LogP contribution in [0.5, 0.6) is 0 Å². The zero-order valence-electron chi connectivity index (χ0n) is 46.0. The van der Waals surface area contributed by atoms with Gasteiger partial charge >= 0.3 is 5.92 Å². The number of hydrogen-bond donors (Lipinski definition) is 5. The molecule has 2 aliphatic heterocycles. The summed E-state index contributed by atoms with van der Waals surface area (Å²) in [5.41, 5.74) is -7.31. The molecule has 1 aromatic heterocycles. The summed E-state index contributed by atoms with van der Waals surface area (Å²) in [4.78, 5) is 52.1. The fourth-order valence-electron chi connectivity index (χ4n) is 7.01. The number of aromatic nitrogens is 1. The van der Waals surface area contributed by atoms with Crippen LogP contribution in [0.3, 0.4) is 0 Å². The number of likely N-dealkylation sites (N-methyl/N-ethyl adjacent to an activating group) is 2. The largest absolute Gasteiger partial charge is 0.372 e. The number of alkyl halides is 2. The van der Waals surface area contributed by atoms with Gasteiger partial charge in [-0.2, -0.15) is 8.78 Å². The van der Waals surface area contributed by atoms with Gasteiger partial charge in [0.2, 0.25) is 5.60 Å². The molecule has 2 saturated heterocycles. The second-order valence-electron chi connectivity index (χ2n) is 24.6. The standard InChI is InChI=1S/C14H17NO.C11H15F2NO2.C11H17NO2.2C11H16O2.CH4/c1-13(2,3)8-9-14(16)7-6-11-5-4-10-15-12(11)14;1-9(2,3)5-6-10(16)8(15)14(4)7-11(10,12)13;1-10(2,3)5-6-11(14)7-8-12(4)9(11)13;2*1-10(2,3)7-8-11(13)6-4-5-9(11)12;/h4-5,10,16H,6-7H2,1-3H3;16H,7H2,1-4H3;14H,7-8H2,1-4H3;2*13H,4-6H2,1-3H3;1H4. The lowest BCUT2D eigenvalue weighted by Gasteiger charge is -2.20. The Morgan fingerprint density at radius 1 is 0.521 bits per heavy atom. The molecule has 3 aliphatic carbocycles. The molecule has 2 saturated carbocycles. The molecule has 0 aromatic carbocycles. The van der Waals surface area contributed by atoms with Crippen molar-refractivity contribution in [2.24, 2.45) is 27.1 Å². The van der Waals surface area contributed by atoms with Crippen molar-refractivity contribution in [1.82, 2.24) is 14.8 Å². The summed E-state index contributed by atoms with van der Waals surface area (Å²) in [6, 6.07) is 3.92. The lowest BCUT2D eigenvalue weighted by Crippen LogP contribution is -2.49. The van der Waals surface area contributed by atoms with E-state index in [1.807, 2.05) is 101 Å². The first kappa shape index (κ1) is 65.9. The number of hydrogen-bond acceptors (Lipinski definition) is 10. The lowest BCUT2D eigenvalue weighted by atomic mass is 9.93. The number of pyridine rings is 1. The first-order valence-electron chi connectivity index (χ1n) is 24.6. The number of carbonyl (C=O) groups excluding carboxylic acids is 4. The van der Waals surface area contributed by atoms with Crippen molar-refractivity contribution in [3.05, 3.63) is 29.6 Å². The highest BCUT2D eigenvalue weighted by Gasteiger charge is 2.65. The number of likely N-dealkylation sites (tertiary alicyclic amines) is 2. The minimum Gasteiger partial charge on any atom is -0.372 e. The molecule has 14 heteroatoms. The Morgan fingerprint density at radius 2 is 0.904 bits per heavy atom. The predicted molar refractivity (Wildman–Crippen MR) is 282 cm³/mol. The number of fused-ring (bicyclic) bond motifs is 1. The number of rotatable bonds is 0. The summed E-state index contributed by atoms with van der Waals surface area (Å²) in [7, 11) is 2.89. The molecule has 5 atom stereocenters. The smallest absolute Gasteiger partial charge is 0.313 e. The van der Waals surface area contributed by atoms with Gasteiger partial charge in [0, 0.05) is 73.2 Å². The van der Waals surface area contributed by atoms with E-state index in [-0.39, 0.29) is 46.6 Å². The Morgan fingerprint density at radius 3 is 1.23 bits per heavy atom. The molecule has 73 heavy (non-hydrogen) atoms. The number of aryl methyl sites for hydroxylation is 1. The Bertz CT molecular complexity index is 2440. The highest BCUT2D eigenvalue weighted by molar-refractivity contribution is 5.93. The van der Waals surface area contributed by atoms with Gasteiger partial charge < -0.3 is 35.3 Å². The van der Waals surface area contributed by atoms with Gasteiger partial charge in [-0.3, -0.25) is 24.2 Å². The molecule has 12 nitrogen and oxygen atoms in total. The second-order valence-corrected chi connectivity index (χ2v) is 24.6. The second kappa shape index (κ2) is 24.0. The quantitative estimate of drug-likeness (QED) is 0.164. The number of halogens is 2. The maximum Gasteiger partial charge on any atom is 0.313 e. The van der Waals surface area contributed by atoms with Crippen LogP contribution in [-0.2, 0) is 31.2 Å². The van der Waals surface area contributed by atoms with E-state index in [2.05, 4.69) is 58.3 Å². The van der Waals surface area contributed by atoms with E-state index < -0.39 is 51.8 Å². The average molecular weight is 1020 g/mol. The zero-order valence-corrected chi connectivity index (χ0v) is 46.0. The van der Waals surface area contributed by atoms with Crippen molar-refractivity contribution in [2.75, 3.05) is 27.2 Å². The van der Waals surface area contributed by atoms with Crippen molar-refractivity contribution >= 4 is 23.4 Å². The predicted octanol–water partition coefficient (Wildman–Crippen LogP) is 7.44. The number of carbonyl (C=O) groups is 4. The zero-order chi connectivity index (χ0) is 55.8. The molecular weight excluding hydrogens is 933 g/mol. The molecule has 5 unspecified atom stereocenters. The van der Waals surface area contributed by atoms with Gasteiger partial charge in [-0.25, -0.2) is 0 Å². The van der Waals surface area contributed by atoms with Crippen LogP contribution < -0.4 is 0 Å². The Labute approximate surface area is 436 Å². The fourth-order valence-corrected chi connectivity index (χ4v) is 7.01. The summed E-state index contributed by atoms with van der Waals surface area (Å²) in [6.07, 6.45) is 7.08. The van der Waals surface area contributed by atoms with E-state index in [4.69, 9.17) is 0 Å². The molecule has 0 bridgehead atoms. The van der Waals surface area contributed by atoms with E-state index in [0.717, 1.165) is 35.4 Å². The molecule has 6 rings (SSSR count). The van der Waals surface area contributed by atoms with E-state index >= 15 is 0 Å². The van der Waals surface area contributed by atoms with Crippen molar-refractivity contribution in [3.63, 3.8) is 0 Å². The van der Waals surface area contributed by atoms with Crippen LogP contribution in [0.4, 0.5) is 8.78 Å². The molecular formula is C59H85F2N3O9. The summed E-state index contributed by atoms with van der Waals surface area (Å²) < 4.78 is 26.9. The summed E-state index contributed by atoms with van der Waals surface area (Å²) >= 11 is 0. The van der Waals surface area contributed by atoms with Crippen LogP contribution in [0.15, 0.2) is 18.3 Å². The number of amides is 2. The topological polar surface area (TPSA) is 189 Å². The monoisotopic (exact) mass is 1020 g/mol. The maximum absolute atomic E-state index is 13.5. The number of aliphatic hydroxyl groups is 5. The Kier molecular flexibility index (Phi) is 21.7. The fraction of sp³-hybridized carbons (Fsp3) is 0.678. The highest BCUT2D eigenvalue weighted by Crippen LogP contribution is 2.38. The lowest BCUT2D eigenvalue weighted by molar-refractivity contribution is -0.153. The van der Waals surface area contributed by atoms with Crippen molar-refractivity contribution < 1.29 is 53.5 Å². The van der Waals surface area contributed by atoms with Crippen LogP contribution in [0.1, 0.15) is 174 Å². The third kappa shape index (κ3) is 19.9. The molecule has 0 radical (unpaired) electrons. The first-order valence-corrected chi connectivity index (χ1v) is 24.6. The van der Waals surface area contributed by atoms with Gasteiger partial charge in [0.15, 0.2) is 28.4 Å². The molecule has 404 valence electrons. The van der Waals surface area contributed by atoms with Crippen LogP contribution in [0, 0.1) is 86.3 Å². The van der Waals surface area contributed by atoms with E-state index in [0.29, 0.717) is 45.1 Å². The Balaban J connectivity index is 0.000000456. The highest BCUT2D eigenvalue weighted by atomic mass is 19.3. The Hall–Kier alpha value is -5.11. The summed E-state index contributed by atoms with van der Waals surface area (Å²) in [5.74, 6) is 22.4. The third-order valence-corrected chi connectivity index (χ3v) is 11.2. The summed E-state index contributed by atoms with van der Waals surface area (Å²) in [5, 5.41) is 49.7. The van der Waals surface area contributed by atoms with Gasteiger partial charge in [-0.15, -0.1) is 0 Å². The van der Waals surface area contributed by atoms with Crippen LogP contribution in [0.2, 0.25) is 0 Å². The van der Waals surface area contributed by atoms with Crippen LogP contribution >= 0.6 is 0 Å². The summed E-state index contributed by atoms with van der Waals surface area (Å²) in [6.45, 7) is 28.6. The average Bonchev–Trinajstić information content (AvgIpc) is 3.99. The van der Waals surface area contributed by atoms with Crippen LogP contribution in [-0.4, -0.2) is 119 Å². The minimum atomic E-state index is -3.53. The number of Topliss-reactive ketones (excluding diaryl/α,β-unsaturated/α-hetero) is 2.